The summed E-state index contributed by atoms with van der Waals surface area (Å²) in [6.07, 6.45) is 0. The second-order valence-corrected chi connectivity index (χ2v) is 5.55. The molecule has 0 atom stereocenters. The Morgan fingerprint density at radius 1 is 1.19 bits per heavy atom. The number of carbonyl (C=O) groups is 1. The molecule has 1 heterocycles. The van der Waals surface area contributed by atoms with Crippen molar-refractivity contribution in [2.24, 2.45) is 5.10 Å². The van der Waals surface area contributed by atoms with Crippen LogP contribution in [0.1, 0.15) is 23.0 Å². The number of nitrogens with one attached hydrogen (secondary N) is 2. The van der Waals surface area contributed by atoms with Gasteiger partial charge in [0.05, 0.1) is 18.5 Å². The number of hydrazone groups is 1. The van der Waals surface area contributed by atoms with Gasteiger partial charge < -0.3 is 9.84 Å². The molecule has 1 amide bonds. The van der Waals surface area contributed by atoms with Crippen LogP contribution in [0.3, 0.4) is 0 Å². The number of hydrogen-bond acceptors (Lipinski definition) is 5. The van der Waals surface area contributed by atoms with Crippen LogP contribution in [0.25, 0.3) is 11.3 Å². The lowest BCUT2D eigenvalue weighted by Gasteiger charge is -2.04. The van der Waals surface area contributed by atoms with Crippen molar-refractivity contribution in [3.8, 4) is 22.8 Å². The van der Waals surface area contributed by atoms with E-state index >= 15 is 0 Å². The van der Waals surface area contributed by atoms with Gasteiger partial charge >= 0.3 is 0 Å². The quantitative estimate of drug-likeness (QED) is 0.486. The number of hydrogen-bond donors (Lipinski definition) is 3. The zero-order chi connectivity index (χ0) is 18.5. The highest BCUT2D eigenvalue weighted by molar-refractivity contribution is 6.00. The second-order valence-electron chi connectivity index (χ2n) is 5.55. The molecule has 7 heteroatoms. The number of aromatic nitrogens is 2. The van der Waals surface area contributed by atoms with Crippen molar-refractivity contribution in [2.75, 3.05) is 7.11 Å². The molecule has 3 N–H and O–H groups in total. The van der Waals surface area contributed by atoms with Crippen LogP contribution >= 0.6 is 0 Å². The number of ether oxygens (including phenoxy) is 1. The smallest absolute Gasteiger partial charge is 0.289 e. The predicted molar refractivity (Wildman–Crippen MR) is 98.4 cm³/mol. The third kappa shape index (κ3) is 3.72. The summed E-state index contributed by atoms with van der Waals surface area (Å²) in [5, 5.41) is 20.3. The fourth-order valence-electron chi connectivity index (χ4n) is 2.39. The van der Waals surface area contributed by atoms with Gasteiger partial charge in [-0.05, 0) is 55.0 Å². The molecule has 0 aliphatic carbocycles. The minimum absolute atomic E-state index is 0.173. The maximum absolute atomic E-state index is 12.3. The summed E-state index contributed by atoms with van der Waals surface area (Å²) < 4.78 is 5.31. The van der Waals surface area contributed by atoms with Crippen molar-refractivity contribution in [1.29, 1.82) is 0 Å². The van der Waals surface area contributed by atoms with E-state index in [1.807, 2.05) is 24.3 Å². The van der Waals surface area contributed by atoms with Crippen molar-refractivity contribution >= 4 is 11.6 Å². The summed E-state index contributed by atoms with van der Waals surface area (Å²) in [4.78, 5) is 12.3. The number of aromatic amines is 1. The Balaban J connectivity index is 1.74. The van der Waals surface area contributed by atoms with E-state index in [1.165, 1.54) is 0 Å². The first-order valence-electron chi connectivity index (χ1n) is 7.91. The van der Waals surface area contributed by atoms with Crippen molar-refractivity contribution in [3.63, 3.8) is 0 Å². The van der Waals surface area contributed by atoms with Crippen molar-refractivity contribution < 1.29 is 14.6 Å². The number of H-pyrrole nitrogens is 1. The summed E-state index contributed by atoms with van der Waals surface area (Å²) in [5.41, 5.74) is 5.57. The normalized spacial score (nSPS) is 11.2. The molecular weight excluding hydrogens is 332 g/mol. The van der Waals surface area contributed by atoms with Crippen LogP contribution in [0.15, 0.2) is 59.7 Å². The third-order valence-electron chi connectivity index (χ3n) is 3.82. The van der Waals surface area contributed by atoms with Crippen LogP contribution in [0.5, 0.6) is 11.5 Å². The van der Waals surface area contributed by atoms with E-state index in [-0.39, 0.29) is 11.4 Å². The van der Waals surface area contributed by atoms with Gasteiger partial charge in [0.15, 0.2) is 0 Å². The molecule has 0 bridgehead atoms. The lowest BCUT2D eigenvalue weighted by atomic mass is 10.1. The Morgan fingerprint density at radius 3 is 2.65 bits per heavy atom. The Kier molecular flexibility index (Phi) is 4.98. The first-order chi connectivity index (χ1) is 12.6. The molecule has 0 fully saturated rings. The molecule has 0 saturated heterocycles. The second kappa shape index (κ2) is 7.52. The van der Waals surface area contributed by atoms with E-state index in [1.54, 1.807) is 44.4 Å². The number of aromatic hydroxyl groups is 1. The van der Waals surface area contributed by atoms with Crippen LogP contribution in [0, 0.1) is 0 Å². The molecular formula is C19H18N4O3. The zero-order valence-electron chi connectivity index (χ0n) is 14.4. The number of rotatable bonds is 5. The molecule has 132 valence electrons. The lowest BCUT2D eigenvalue weighted by molar-refractivity contribution is 0.0950. The fourth-order valence-corrected chi connectivity index (χ4v) is 2.39. The SMILES string of the molecule is COc1ccccc1-c1cc(C(=O)NN=C(C)c2ccc(O)cc2)[nH]n1. The largest absolute Gasteiger partial charge is 0.508 e. The number of nitrogens with zero attached hydrogens (tertiary/aromatic N) is 2. The van der Waals surface area contributed by atoms with E-state index in [0.717, 1.165) is 11.1 Å². The molecule has 0 aliphatic rings. The summed E-state index contributed by atoms with van der Waals surface area (Å²) >= 11 is 0. The molecule has 0 unspecified atom stereocenters. The number of methoxy groups -OCH3 is 1. The fraction of sp³-hybridized carbons (Fsp3) is 0.105. The van der Waals surface area contributed by atoms with Crippen molar-refractivity contribution in [1.82, 2.24) is 15.6 Å². The van der Waals surface area contributed by atoms with Crippen molar-refractivity contribution in [3.05, 3.63) is 65.9 Å². The third-order valence-corrected chi connectivity index (χ3v) is 3.82. The maximum Gasteiger partial charge on any atom is 0.289 e. The van der Waals surface area contributed by atoms with Crippen molar-refractivity contribution in [2.45, 2.75) is 6.92 Å². The maximum atomic E-state index is 12.3. The van der Waals surface area contributed by atoms with E-state index in [0.29, 0.717) is 17.2 Å². The van der Waals surface area contributed by atoms with Gasteiger partial charge in [0.1, 0.15) is 17.2 Å². The predicted octanol–water partition coefficient (Wildman–Crippen LogP) is 2.94. The molecule has 0 spiro atoms. The van der Waals surface area contributed by atoms with Gasteiger partial charge in [-0.3, -0.25) is 9.89 Å². The lowest BCUT2D eigenvalue weighted by Crippen LogP contribution is -2.19. The first kappa shape index (κ1) is 17.2. The summed E-state index contributed by atoms with van der Waals surface area (Å²) in [5.74, 6) is 0.441. The van der Waals surface area contributed by atoms with Gasteiger partial charge in [0.2, 0.25) is 0 Å². The van der Waals surface area contributed by atoms with Crippen LogP contribution < -0.4 is 10.2 Å². The molecule has 3 aromatic rings. The summed E-state index contributed by atoms with van der Waals surface area (Å²) in [7, 11) is 1.58. The Labute approximate surface area is 150 Å². The topological polar surface area (TPSA) is 99.6 Å². The average Bonchev–Trinajstić information content (AvgIpc) is 3.16. The number of carbonyl (C=O) groups excluding carboxylic acids is 1. The molecule has 3 rings (SSSR count). The highest BCUT2D eigenvalue weighted by Crippen LogP contribution is 2.28. The van der Waals surface area contributed by atoms with Gasteiger partial charge in [-0.2, -0.15) is 10.2 Å². The van der Waals surface area contributed by atoms with Crippen LogP contribution in [-0.4, -0.2) is 34.0 Å². The van der Waals surface area contributed by atoms with E-state index in [9.17, 15) is 9.90 Å². The van der Waals surface area contributed by atoms with Gasteiger partial charge in [0, 0.05) is 5.56 Å². The van der Waals surface area contributed by atoms with E-state index in [2.05, 4.69) is 20.7 Å². The first-order valence-corrected chi connectivity index (χ1v) is 7.91. The minimum atomic E-state index is -0.406. The van der Waals surface area contributed by atoms with E-state index < -0.39 is 5.91 Å². The van der Waals surface area contributed by atoms with Gasteiger partial charge in [0.25, 0.3) is 5.91 Å². The van der Waals surface area contributed by atoms with Crippen LogP contribution in [0.2, 0.25) is 0 Å². The number of phenolic OH excluding ortho intramolecular Hbond substituents is 1. The Hall–Kier alpha value is -3.61. The molecule has 0 saturated carbocycles. The molecule has 2 aromatic carbocycles. The van der Waals surface area contributed by atoms with Crippen LogP contribution in [0.4, 0.5) is 0 Å². The Morgan fingerprint density at radius 2 is 1.92 bits per heavy atom. The van der Waals surface area contributed by atoms with Crippen LogP contribution in [-0.2, 0) is 0 Å². The molecule has 7 nitrogen and oxygen atoms in total. The summed E-state index contributed by atoms with van der Waals surface area (Å²) in [6.45, 7) is 1.76. The summed E-state index contributed by atoms with van der Waals surface area (Å²) in [6, 6.07) is 15.6. The number of benzene rings is 2. The highest BCUT2D eigenvalue weighted by Gasteiger charge is 2.13. The Bertz CT molecular complexity index is 945. The van der Waals surface area contributed by atoms with Gasteiger partial charge in [-0.1, -0.05) is 12.1 Å². The zero-order valence-corrected chi connectivity index (χ0v) is 14.4. The van der Waals surface area contributed by atoms with E-state index in [4.69, 9.17) is 4.74 Å². The van der Waals surface area contributed by atoms with Gasteiger partial charge in [-0.15, -0.1) is 0 Å². The highest BCUT2D eigenvalue weighted by atomic mass is 16.5. The number of amides is 1. The molecule has 1 aromatic heterocycles. The monoisotopic (exact) mass is 350 g/mol. The number of phenols is 1. The molecule has 0 radical (unpaired) electrons. The standard InChI is InChI=1S/C19H18N4O3/c1-12(13-7-9-14(24)10-8-13)20-23-19(25)17-11-16(21-22-17)15-5-3-4-6-18(15)26-2/h3-11,24H,1-2H3,(H,21,22)(H,23,25). The number of para-hydroxylation sites is 1. The minimum Gasteiger partial charge on any atom is -0.508 e. The molecule has 0 aliphatic heterocycles. The molecule has 26 heavy (non-hydrogen) atoms. The average molecular weight is 350 g/mol. The van der Waals surface area contributed by atoms with Gasteiger partial charge in [-0.25, -0.2) is 5.43 Å².